The first-order valence-corrected chi connectivity index (χ1v) is 8.29. The van der Waals surface area contributed by atoms with E-state index < -0.39 is 0 Å². The summed E-state index contributed by atoms with van der Waals surface area (Å²) in [5.74, 6) is 3.59. The number of aromatic nitrogens is 1. The van der Waals surface area contributed by atoms with Crippen LogP contribution in [0.4, 0.5) is 5.13 Å². The molecule has 0 saturated heterocycles. The second kappa shape index (κ2) is 3.82. The summed E-state index contributed by atoms with van der Waals surface area (Å²) in [6.45, 7) is 0. The molecule has 2 aromatic rings. The Hall–Kier alpha value is -1.42. The molecular weight excluding hydrogens is 268 g/mol. The van der Waals surface area contributed by atoms with E-state index in [2.05, 4.69) is 16.4 Å². The molecule has 3 saturated carbocycles. The highest BCUT2D eigenvalue weighted by Gasteiger charge is 2.67. The fraction of sp³-hybridized carbons (Fsp3) is 0.500. The summed E-state index contributed by atoms with van der Waals surface area (Å²) in [4.78, 5) is 16.9. The van der Waals surface area contributed by atoms with Crippen molar-refractivity contribution >= 4 is 32.6 Å². The van der Waals surface area contributed by atoms with E-state index >= 15 is 0 Å². The Morgan fingerprint density at radius 2 is 1.95 bits per heavy atom. The van der Waals surface area contributed by atoms with Crippen LogP contribution >= 0.6 is 11.3 Å². The maximum Gasteiger partial charge on any atom is 0.229 e. The van der Waals surface area contributed by atoms with Crippen molar-refractivity contribution in [3.63, 3.8) is 0 Å². The van der Waals surface area contributed by atoms with Gasteiger partial charge in [-0.25, -0.2) is 4.98 Å². The molecule has 0 aliphatic heterocycles. The third kappa shape index (κ3) is 1.46. The molecule has 5 rings (SSSR count). The predicted octanol–water partition coefficient (Wildman–Crippen LogP) is 3.53. The van der Waals surface area contributed by atoms with Crippen molar-refractivity contribution in [2.24, 2.45) is 29.6 Å². The number of hydrogen-bond acceptors (Lipinski definition) is 3. The van der Waals surface area contributed by atoms with Gasteiger partial charge < -0.3 is 5.32 Å². The van der Waals surface area contributed by atoms with Crippen LogP contribution in [-0.4, -0.2) is 10.9 Å². The van der Waals surface area contributed by atoms with Crippen molar-refractivity contribution in [2.45, 2.75) is 19.3 Å². The summed E-state index contributed by atoms with van der Waals surface area (Å²) in [5, 5.41) is 3.82. The lowest BCUT2D eigenvalue weighted by molar-refractivity contribution is -0.118. The van der Waals surface area contributed by atoms with E-state index in [-0.39, 0.29) is 11.8 Å². The number of rotatable bonds is 2. The molecule has 20 heavy (non-hydrogen) atoms. The van der Waals surface area contributed by atoms with Crippen LogP contribution in [0.5, 0.6) is 0 Å². The summed E-state index contributed by atoms with van der Waals surface area (Å²) in [7, 11) is 0. The van der Waals surface area contributed by atoms with E-state index in [1.807, 2.05) is 18.2 Å². The molecule has 4 heteroatoms. The number of fused-ring (bicyclic) bond motifs is 6. The summed E-state index contributed by atoms with van der Waals surface area (Å²) in [6, 6.07) is 8.04. The lowest BCUT2D eigenvalue weighted by Crippen LogP contribution is -2.18. The van der Waals surface area contributed by atoms with Crippen molar-refractivity contribution in [1.82, 2.24) is 4.98 Å². The van der Waals surface area contributed by atoms with Gasteiger partial charge in [-0.3, -0.25) is 4.79 Å². The van der Waals surface area contributed by atoms with Crippen LogP contribution in [0.2, 0.25) is 0 Å². The van der Waals surface area contributed by atoms with Gasteiger partial charge in [0.05, 0.1) is 10.2 Å². The fourth-order valence-electron chi connectivity index (χ4n) is 4.79. The Morgan fingerprint density at radius 3 is 2.70 bits per heavy atom. The number of nitrogens with one attached hydrogen (secondary N) is 1. The van der Waals surface area contributed by atoms with Crippen LogP contribution in [-0.2, 0) is 4.79 Å². The quantitative estimate of drug-likeness (QED) is 0.916. The molecule has 3 aliphatic rings. The molecule has 1 N–H and O–H groups in total. The Bertz CT molecular complexity index is 660. The normalized spacial score (nSPS) is 37.1. The zero-order chi connectivity index (χ0) is 13.3. The first-order valence-electron chi connectivity index (χ1n) is 7.48. The monoisotopic (exact) mass is 284 g/mol. The fourth-order valence-corrected chi connectivity index (χ4v) is 5.66. The van der Waals surface area contributed by atoms with Gasteiger partial charge in [0.25, 0.3) is 0 Å². The second-order valence-electron chi connectivity index (χ2n) is 6.49. The number of amides is 1. The molecule has 2 bridgehead atoms. The lowest BCUT2D eigenvalue weighted by Gasteiger charge is -2.07. The van der Waals surface area contributed by atoms with Crippen LogP contribution in [0.3, 0.4) is 0 Å². The Labute approximate surface area is 121 Å². The number of thiazole rings is 1. The molecule has 1 amide bonds. The lowest BCUT2D eigenvalue weighted by atomic mass is 10.0. The molecule has 4 atom stereocenters. The average molecular weight is 284 g/mol. The topological polar surface area (TPSA) is 42.0 Å². The largest absolute Gasteiger partial charge is 0.302 e. The van der Waals surface area contributed by atoms with Crippen LogP contribution in [0.1, 0.15) is 19.3 Å². The van der Waals surface area contributed by atoms with E-state index in [0.29, 0.717) is 11.8 Å². The summed E-state index contributed by atoms with van der Waals surface area (Å²) >= 11 is 1.57. The van der Waals surface area contributed by atoms with Crippen molar-refractivity contribution in [3.05, 3.63) is 24.3 Å². The van der Waals surface area contributed by atoms with Crippen molar-refractivity contribution in [2.75, 3.05) is 5.32 Å². The molecule has 102 valence electrons. The summed E-state index contributed by atoms with van der Waals surface area (Å²) in [5.41, 5.74) is 0.976. The maximum absolute atomic E-state index is 12.4. The van der Waals surface area contributed by atoms with Crippen LogP contribution in [0.15, 0.2) is 24.3 Å². The Morgan fingerprint density at radius 1 is 1.20 bits per heavy atom. The number of carbonyl (C=O) groups is 1. The minimum Gasteiger partial charge on any atom is -0.302 e. The van der Waals surface area contributed by atoms with Crippen LogP contribution in [0, 0.1) is 29.6 Å². The first kappa shape index (κ1) is 11.3. The van der Waals surface area contributed by atoms with Gasteiger partial charge in [-0.2, -0.15) is 0 Å². The van der Waals surface area contributed by atoms with Crippen molar-refractivity contribution < 1.29 is 4.79 Å². The van der Waals surface area contributed by atoms with E-state index in [0.717, 1.165) is 27.2 Å². The molecule has 3 nitrogen and oxygen atoms in total. The Balaban J connectivity index is 1.36. The SMILES string of the molecule is O=C(Nc1nc2ccccc2s1)C1[C@@H]2[C@H]3CC[C@@H](C3)[C@@H]12. The van der Waals surface area contributed by atoms with Gasteiger partial charge >= 0.3 is 0 Å². The van der Waals surface area contributed by atoms with E-state index in [9.17, 15) is 4.79 Å². The number of hydrogen-bond donors (Lipinski definition) is 1. The minimum absolute atomic E-state index is 0.218. The third-order valence-corrected chi connectivity index (χ3v) is 6.51. The molecule has 1 aromatic heterocycles. The third-order valence-electron chi connectivity index (χ3n) is 5.56. The number of anilines is 1. The van der Waals surface area contributed by atoms with E-state index in [1.165, 1.54) is 19.3 Å². The van der Waals surface area contributed by atoms with Gasteiger partial charge in [-0.15, -0.1) is 0 Å². The standard InChI is InChI=1S/C16H16N2OS/c19-15(14-12-8-5-6-9(7-8)13(12)14)18-16-17-10-3-1-2-4-11(10)20-16/h1-4,8-9,12-14H,5-7H2,(H,17,18,19)/t8-,9-,12+,13+/m0/s1. The van der Waals surface area contributed by atoms with E-state index in [4.69, 9.17) is 0 Å². The number of nitrogens with zero attached hydrogens (tertiary/aromatic N) is 1. The average Bonchev–Trinajstić information content (AvgIpc) is 2.78. The van der Waals surface area contributed by atoms with E-state index in [1.54, 1.807) is 11.3 Å². The highest BCUT2D eigenvalue weighted by Crippen LogP contribution is 2.69. The highest BCUT2D eigenvalue weighted by atomic mass is 32.1. The molecule has 0 spiro atoms. The summed E-state index contributed by atoms with van der Waals surface area (Å²) < 4.78 is 1.14. The molecule has 1 aromatic carbocycles. The van der Waals surface area contributed by atoms with Gasteiger partial charge in [-0.05, 0) is 55.1 Å². The Kier molecular flexibility index (Phi) is 2.15. The molecule has 3 aliphatic carbocycles. The molecular formula is C16H16N2OS. The maximum atomic E-state index is 12.4. The molecule has 0 unspecified atom stereocenters. The van der Waals surface area contributed by atoms with Gasteiger partial charge in [0.2, 0.25) is 5.91 Å². The smallest absolute Gasteiger partial charge is 0.229 e. The number of para-hydroxylation sites is 1. The van der Waals surface area contributed by atoms with Gasteiger partial charge in [-0.1, -0.05) is 23.5 Å². The van der Waals surface area contributed by atoms with Crippen molar-refractivity contribution in [3.8, 4) is 0 Å². The highest BCUT2D eigenvalue weighted by molar-refractivity contribution is 7.22. The number of carbonyl (C=O) groups excluding carboxylic acids is 1. The first-order chi connectivity index (χ1) is 9.81. The number of benzene rings is 1. The zero-order valence-electron chi connectivity index (χ0n) is 11.1. The van der Waals surface area contributed by atoms with Crippen LogP contribution in [0.25, 0.3) is 10.2 Å². The molecule has 0 radical (unpaired) electrons. The van der Waals surface area contributed by atoms with Gasteiger partial charge in [0.1, 0.15) is 0 Å². The second-order valence-corrected chi connectivity index (χ2v) is 7.52. The minimum atomic E-state index is 0.218. The van der Waals surface area contributed by atoms with Crippen LogP contribution < -0.4 is 5.32 Å². The molecule has 1 heterocycles. The molecule has 3 fully saturated rings. The predicted molar refractivity (Wildman–Crippen MR) is 79.6 cm³/mol. The summed E-state index contributed by atoms with van der Waals surface area (Å²) in [6.07, 6.45) is 4.10. The van der Waals surface area contributed by atoms with Crippen molar-refractivity contribution in [1.29, 1.82) is 0 Å². The zero-order valence-corrected chi connectivity index (χ0v) is 11.9. The van der Waals surface area contributed by atoms with Gasteiger partial charge in [0, 0.05) is 5.92 Å². The van der Waals surface area contributed by atoms with Gasteiger partial charge in [0.15, 0.2) is 5.13 Å².